The summed E-state index contributed by atoms with van der Waals surface area (Å²) in [6, 6.07) is 23.2. The van der Waals surface area contributed by atoms with Gasteiger partial charge in [-0.3, -0.25) is 4.79 Å². The van der Waals surface area contributed by atoms with Crippen LogP contribution in [0.5, 0.6) is 0 Å². The topological polar surface area (TPSA) is 101 Å². The van der Waals surface area contributed by atoms with Crippen molar-refractivity contribution in [3.05, 3.63) is 98.4 Å². The molecule has 6 nitrogen and oxygen atoms in total. The maximum Gasteiger partial charge on any atom is 1.00 e. The van der Waals surface area contributed by atoms with Gasteiger partial charge in [0, 0.05) is 43.2 Å². The van der Waals surface area contributed by atoms with Crippen molar-refractivity contribution in [3.8, 4) is 19.5 Å². The molecular formula is C30H26NNaO5S4. The number of anilines is 1. The predicted molar refractivity (Wildman–Crippen MR) is 167 cm³/mol. The largest absolute Gasteiger partial charge is 1.00 e. The molecule has 0 radical (unpaired) electrons. The van der Waals surface area contributed by atoms with E-state index in [-0.39, 0.29) is 47.6 Å². The average molecular weight is 632 g/mol. The summed E-state index contributed by atoms with van der Waals surface area (Å²) >= 11 is 6.04. The Hall–Kier alpha value is -2.38. The molecule has 0 unspecified atom stereocenters. The summed E-state index contributed by atoms with van der Waals surface area (Å²) in [6.45, 7) is 1.04. The molecule has 5 aromatic rings. The number of rotatable bonds is 11. The summed E-state index contributed by atoms with van der Waals surface area (Å²) in [5.74, 6) is -1.15. The van der Waals surface area contributed by atoms with E-state index < -0.39 is 5.97 Å². The molecule has 0 atom stereocenters. The molecule has 4 aromatic heterocycles. The van der Waals surface area contributed by atoms with Crippen molar-refractivity contribution in [1.82, 2.24) is 0 Å². The van der Waals surface area contributed by atoms with E-state index >= 15 is 0 Å². The van der Waals surface area contributed by atoms with E-state index in [0.717, 1.165) is 37.0 Å². The van der Waals surface area contributed by atoms with Crippen molar-refractivity contribution < 1.29 is 54.5 Å². The molecule has 0 saturated carbocycles. The molecule has 0 aliphatic rings. The van der Waals surface area contributed by atoms with Crippen molar-refractivity contribution in [3.63, 3.8) is 0 Å². The van der Waals surface area contributed by atoms with Gasteiger partial charge >= 0.3 is 29.6 Å². The number of carboxylic acids is 1. The quantitative estimate of drug-likeness (QED) is 0.172. The Labute approximate surface area is 276 Å². The fourth-order valence-corrected chi connectivity index (χ4v) is 7.21. The number of hydrogen-bond acceptors (Lipinski definition) is 10. The third-order valence-electron chi connectivity index (χ3n) is 5.62. The summed E-state index contributed by atoms with van der Waals surface area (Å²) in [5, 5.41) is 31.2. The van der Waals surface area contributed by atoms with Crippen LogP contribution >= 0.6 is 45.3 Å². The van der Waals surface area contributed by atoms with Crippen LogP contribution in [0.25, 0.3) is 31.7 Å². The average Bonchev–Trinajstić information content (AvgIpc) is 3.79. The van der Waals surface area contributed by atoms with Gasteiger partial charge in [-0.05, 0) is 71.6 Å². The van der Waals surface area contributed by atoms with Gasteiger partial charge < -0.3 is 25.0 Å². The fraction of sp³-hybridized carbons (Fsp3) is 0.133. The molecule has 0 aliphatic heterocycles. The third kappa shape index (κ3) is 9.57. The van der Waals surface area contributed by atoms with Crippen molar-refractivity contribution >= 4 is 75.4 Å². The maximum absolute atomic E-state index is 10.9. The Morgan fingerprint density at radius 1 is 0.756 bits per heavy atom. The molecule has 2 N–H and O–H groups in total. The Morgan fingerprint density at radius 3 is 1.93 bits per heavy atom. The molecule has 206 valence electrons. The van der Waals surface area contributed by atoms with Gasteiger partial charge in [0.1, 0.15) is 0 Å². The van der Waals surface area contributed by atoms with Crippen molar-refractivity contribution in [1.29, 1.82) is 0 Å². The van der Waals surface area contributed by atoms with Crippen molar-refractivity contribution in [2.24, 2.45) is 0 Å². The summed E-state index contributed by atoms with van der Waals surface area (Å²) in [4.78, 5) is 29.7. The van der Waals surface area contributed by atoms with Gasteiger partial charge in [0.25, 0.3) is 0 Å². The van der Waals surface area contributed by atoms with Crippen LogP contribution in [0, 0.1) is 0 Å². The van der Waals surface area contributed by atoms with Crippen molar-refractivity contribution in [2.75, 3.05) is 31.2 Å². The van der Waals surface area contributed by atoms with Gasteiger partial charge in [-0.2, -0.15) is 0 Å². The van der Waals surface area contributed by atoms with Gasteiger partial charge in [-0.25, -0.2) is 0 Å². The number of hydrogen-bond donors (Lipinski definition) is 2. The fourth-order valence-electron chi connectivity index (χ4n) is 3.71. The van der Waals surface area contributed by atoms with Gasteiger partial charge in [-0.1, -0.05) is 24.3 Å². The van der Waals surface area contributed by atoms with Crippen LogP contribution in [0.15, 0.2) is 78.2 Å². The molecule has 5 rings (SSSR count). The molecule has 0 bridgehead atoms. The number of aldehydes is 1. The molecule has 0 spiro atoms. The normalized spacial score (nSPS) is 10.6. The van der Waals surface area contributed by atoms with Gasteiger partial charge in [-0.15, -0.1) is 45.3 Å². The van der Waals surface area contributed by atoms with E-state index in [1.807, 2.05) is 77.0 Å². The Kier molecular flexibility index (Phi) is 13.7. The Bertz CT molecular complexity index is 1530. The number of benzene rings is 1. The molecular weight excluding hydrogens is 606 g/mol. The number of aliphatic hydroxyl groups excluding tert-OH is 2. The van der Waals surface area contributed by atoms with E-state index in [1.165, 1.54) is 32.4 Å². The molecule has 0 amide bonds. The van der Waals surface area contributed by atoms with Crippen LogP contribution in [0.4, 0.5) is 5.69 Å². The third-order valence-corrected chi connectivity index (χ3v) is 10.0. The molecule has 0 saturated heterocycles. The smallest absolute Gasteiger partial charge is 0.544 e. The number of carbonyl (C=O) groups is 2. The van der Waals surface area contributed by atoms with E-state index in [2.05, 4.69) is 6.07 Å². The van der Waals surface area contributed by atoms with E-state index in [0.29, 0.717) is 13.1 Å². The molecule has 1 aromatic carbocycles. The summed E-state index contributed by atoms with van der Waals surface area (Å²) in [5.41, 5.74) is 2.00. The maximum atomic E-state index is 10.9. The summed E-state index contributed by atoms with van der Waals surface area (Å²) < 4.78 is 0. The number of carboxylic acid groups (broad SMARTS) is 1. The monoisotopic (exact) mass is 631 g/mol. The van der Waals surface area contributed by atoms with Gasteiger partial charge in [0.15, 0.2) is 6.29 Å². The predicted octanol–water partition coefficient (Wildman–Crippen LogP) is 3.09. The number of aliphatic hydroxyl groups is 2. The Balaban J connectivity index is 0.000000296. The minimum Gasteiger partial charge on any atom is -0.544 e. The van der Waals surface area contributed by atoms with Crippen LogP contribution in [0.2, 0.25) is 0 Å². The van der Waals surface area contributed by atoms with E-state index in [1.54, 1.807) is 34.8 Å². The molecule has 41 heavy (non-hydrogen) atoms. The molecule has 0 aliphatic carbocycles. The first-order valence-electron chi connectivity index (χ1n) is 12.3. The standard InChI is InChI=1S/C21H21NO4S2.C9H6OS2.Na/c23-13-11-22(12-14-24)16-4-1-15(2-5-16)3-6-17-7-8-18(27-17)19-9-10-20(28-19)21(25)26;10-6-7-3-4-9(12-7)8-2-1-5-11-8;/h1-10,23-24H,11-14H2,(H,25,26);1-6H;/q;;+1/p-1/b6-3+;;. The van der Waals surface area contributed by atoms with Crippen LogP contribution < -0.4 is 39.6 Å². The first-order chi connectivity index (χ1) is 19.5. The second kappa shape index (κ2) is 16.9. The molecule has 0 fully saturated rings. The van der Waals surface area contributed by atoms with E-state index in [4.69, 9.17) is 10.2 Å². The first kappa shape index (κ1) is 33.1. The zero-order chi connectivity index (χ0) is 28.3. The summed E-state index contributed by atoms with van der Waals surface area (Å²) in [7, 11) is 0. The number of thiophene rings is 4. The van der Waals surface area contributed by atoms with E-state index in [9.17, 15) is 14.7 Å². The zero-order valence-corrected chi connectivity index (χ0v) is 27.5. The summed E-state index contributed by atoms with van der Waals surface area (Å²) in [6.07, 6.45) is 4.93. The number of carbonyl (C=O) groups excluding carboxylic acids is 2. The van der Waals surface area contributed by atoms with Gasteiger partial charge in [0.2, 0.25) is 0 Å². The zero-order valence-electron chi connectivity index (χ0n) is 22.3. The van der Waals surface area contributed by atoms with Crippen LogP contribution in [-0.2, 0) is 0 Å². The molecule has 11 heteroatoms. The minimum absolute atomic E-state index is 0. The van der Waals surface area contributed by atoms with Crippen LogP contribution in [0.3, 0.4) is 0 Å². The number of aromatic carboxylic acids is 1. The number of nitrogens with zero attached hydrogens (tertiary/aromatic N) is 1. The minimum atomic E-state index is -1.15. The molecule has 4 heterocycles. The van der Waals surface area contributed by atoms with Crippen LogP contribution in [0.1, 0.15) is 29.8 Å². The first-order valence-corrected chi connectivity index (χ1v) is 15.6. The Morgan fingerprint density at radius 2 is 1.37 bits per heavy atom. The second-order valence-corrected chi connectivity index (χ2v) is 12.6. The van der Waals surface area contributed by atoms with Crippen LogP contribution in [-0.4, -0.2) is 48.8 Å². The van der Waals surface area contributed by atoms with Crippen molar-refractivity contribution in [2.45, 2.75) is 0 Å². The SMILES string of the molecule is O=C([O-])c1ccc(-c2ccc(/C=C/c3ccc(N(CCO)CCO)cc3)s2)s1.O=Cc1ccc(-c2cccs2)s1.[Na+]. The van der Waals surface area contributed by atoms with Gasteiger partial charge in [0.05, 0.1) is 28.9 Å². The second-order valence-electron chi connectivity index (χ2n) is 8.31.